The number of alkyl halides is 2. The van der Waals surface area contributed by atoms with Crippen LogP contribution in [0.2, 0.25) is 0 Å². The monoisotopic (exact) mass is 505 g/mol. The van der Waals surface area contributed by atoms with Gasteiger partial charge in [-0.05, 0) is 49.6 Å². The zero-order chi connectivity index (χ0) is 26.0. The number of likely N-dealkylation sites (tertiary alicyclic amines) is 1. The zero-order valence-electron chi connectivity index (χ0n) is 20.6. The van der Waals surface area contributed by atoms with Crippen LogP contribution in [-0.4, -0.2) is 76.4 Å². The standard InChI is InChI=1S/C27H29F2N7O/c1-19-9-12-35(24-16-23(32-33-26(24)30)22-6-2-3-7-25(22)37)13-14-36(19)21-8-10-31-20(15-21)5-4-11-34-17-27(28,29)18-34/h2-3,6-8,10,15-16,19,37H,9,11-14,17-18H2,1H3,(H2,30,33)/t19-/m0/s1. The summed E-state index contributed by atoms with van der Waals surface area (Å²) in [4.78, 5) is 10.5. The van der Waals surface area contributed by atoms with E-state index in [1.165, 1.54) is 0 Å². The minimum atomic E-state index is -2.58. The van der Waals surface area contributed by atoms with Gasteiger partial charge < -0.3 is 20.6 Å². The Morgan fingerprint density at radius 1 is 1.11 bits per heavy atom. The van der Waals surface area contributed by atoms with Crippen molar-refractivity contribution in [1.29, 1.82) is 0 Å². The molecule has 1 aromatic carbocycles. The molecular weight excluding hydrogens is 476 g/mol. The summed E-state index contributed by atoms with van der Waals surface area (Å²) in [6.07, 6.45) is 2.62. The maximum Gasteiger partial charge on any atom is 0.273 e. The lowest BCUT2D eigenvalue weighted by atomic mass is 10.1. The fourth-order valence-electron chi connectivity index (χ4n) is 4.78. The molecule has 10 heteroatoms. The highest BCUT2D eigenvalue weighted by Gasteiger charge is 2.43. The summed E-state index contributed by atoms with van der Waals surface area (Å²) in [5, 5.41) is 18.6. The Morgan fingerprint density at radius 3 is 2.70 bits per heavy atom. The molecule has 4 heterocycles. The number of nitrogen functional groups attached to an aromatic ring is 1. The third kappa shape index (κ3) is 5.57. The van der Waals surface area contributed by atoms with E-state index in [2.05, 4.69) is 43.7 Å². The summed E-state index contributed by atoms with van der Waals surface area (Å²) in [5.74, 6) is 3.88. The van der Waals surface area contributed by atoms with Crippen LogP contribution in [0.25, 0.3) is 11.3 Å². The van der Waals surface area contributed by atoms with E-state index in [1.807, 2.05) is 24.3 Å². The molecule has 0 radical (unpaired) electrons. The highest BCUT2D eigenvalue weighted by Crippen LogP contribution is 2.32. The lowest BCUT2D eigenvalue weighted by Crippen LogP contribution is -2.55. The van der Waals surface area contributed by atoms with E-state index in [0.29, 0.717) is 35.9 Å². The summed E-state index contributed by atoms with van der Waals surface area (Å²) in [5.41, 5.74) is 9.82. The first kappa shape index (κ1) is 24.7. The number of nitrogens with zero attached hydrogens (tertiary/aromatic N) is 6. The summed E-state index contributed by atoms with van der Waals surface area (Å²) in [6.45, 7) is 4.26. The van der Waals surface area contributed by atoms with Gasteiger partial charge in [-0.15, -0.1) is 10.2 Å². The van der Waals surface area contributed by atoms with Gasteiger partial charge >= 0.3 is 0 Å². The van der Waals surface area contributed by atoms with Gasteiger partial charge in [0.2, 0.25) is 0 Å². The van der Waals surface area contributed by atoms with Gasteiger partial charge in [-0.2, -0.15) is 0 Å². The number of anilines is 3. The van der Waals surface area contributed by atoms with E-state index >= 15 is 0 Å². The summed E-state index contributed by atoms with van der Waals surface area (Å²) < 4.78 is 26.0. The molecule has 0 saturated carbocycles. The molecule has 3 N–H and O–H groups in total. The van der Waals surface area contributed by atoms with Crippen molar-refractivity contribution in [3.63, 3.8) is 0 Å². The number of halogens is 2. The average molecular weight is 506 g/mol. The van der Waals surface area contributed by atoms with Crippen molar-refractivity contribution in [2.45, 2.75) is 25.3 Å². The van der Waals surface area contributed by atoms with Gasteiger partial charge in [0.1, 0.15) is 11.4 Å². The number of nitrogens with two attached hydrogens (primary N) is 1. The van der Waals surface area contributed by atoms with Gasteiger partial charge in [0.15, 0.2) is 5.82 Å². The lowest BCUT2D eigenvalue weighted by Gasteiger charge is -2.37. The maximum atomic E-state index is 13.0. The quantitative estimate of drug-likeness (QED) is 0.522. The molecule has 37 heavy (non-hydrogen) atoms. The van der Waals surface area contributed by atoms with Gasteiger partial charge in [-0.25, -0.2) is 13.8 Å². The Morgan fingerprint density at radius 2 is 1.92 bits per heavy atom. The summed E-state index contributed by atoms with van der Waals surface area (Å²) in [6, 6.07) is 13.1. The number of hydrogen-bond donors (Lipinski definition) is 2. The summed E-state index contributed by atoms with van der Waals surface area (Å²) >= 11 is 0. The molecule has 2 aliphatic heterocycles. The zero-order valence-corrected chi connectivity index (χ0v) is 20.6. The number of rotatable bonds is 4. The number of phenols is 1. The van der Waals surface area contributed by atoms with Crippen LogP contribution >= 0.6 is 0 Å². The number of hydrogen-bond acceptors (Lipinski definition) is 8. The second-order valence-electron chi connectivity index (χ2n) is 9.54. The normalized spacial score (nSPS) is 19.5. The van der Waals surface area contributed by atoms with Crippen molar-refractivity contribution in [3.05, 3.63) is 54.4 Å². The molecule has 1 atom stereocenters. The molecule has 2 aliphatic rings. The molecule has 0 spiro atoms. The maximum absolute atomic E-state index is 13.0. The Kier molecular flexibility index (Phi) is 6.80. The average Bonchev–Trinajstić information content (AvgIpc) is 3.05. The summed E-state index contributed by atoms with van der Waals surface area (Å²) in [7, 11) is 0. The van der Waals surface area contributed by atoms with Gasteiger partial charge in [-0.1, -0.05) is 18.1 Å². The first-order valence-corrected chi connectivity index (χ1v) is 12.3. The number of aromatic nitrogens is 3. The lowest BCUT2D eigenvalue weighted by molar-refractivity contribution is -0.125. The molecular formula is C27H29F2N7O. The van der Waals surface area contributed by atoms with Gasteiger partial charge in [0.25, 0.3) is 5.92 Å². The van der Waals surface area contributed by atoms with Crippen LogP contribution in [0.4, 0.5) is 26.0 Å². The van der Waals surface area contributed by atoms with Gasteiger partial charge in [0, 0.05) is 43.1 Å². The minimum Gasteiger partial charge on any atom is -0.507 e. The fourth-order valence-corrected chi connectivity index (χ4v) is 4.78. The molecule has 0 bridgehead atoms. The number of phenolic OH excluding ortho intramolecular Hbond substituents is 1. The van der Waals surface area contributed by atoms with E-state index in [-0.39, 0.29) is 24.9 Å². The smallest absolute Gasteiger partial charge is 0.273 e. The van der Waals surface area contributed by atoms with Crippen molar-refractivity contribution in [2.24, 2.45) is 0 Å². The van der Waals surface area contributed by atoms with E-state index in [0.717, 1.165) is 30.9 Å². The SMILES string of the molecule is C[C@H]1CCN(c2cc(-c3ccccc3O)nnc2N)CCN1c1ccnc(C#CCN2CC(F)(F)C2)c1. The molecule has 2 aromatic heterocycles. The van der Waals surface area contributed by atoms with E-state index in [4.69, 9.17) is 5.73 Å². The molecule has 2 fully saturated rings. The van der Waals surface area contributed by atoms with Crippen LogP contribution in [-0.2, 0) is 0 Å². The predicted octanol–water partition coefficient (Wildman–Crippen LogP) is 3.23. The largest absolute Gasteiger partial charge is 0.507 e. The number of benzene rings is 1. The van der Waals surface area contributed by atoms with Gasteiger partial charge in [0.05, 0.1) is 31.0 Å². The Balaban J connectivity index is 1.29. The van der Waals surface area contributed by atoms with Crippen molar-refractivity contribution in [2.75, 3.05) is 54.8 Å². The second kappa shape index (κ2) is 10.2. The van der Waals surface area contributed by atoms with Crippen molar-refractivity contribution < 1.29 is 13.9 Å². The first-order chi connectivity index (χ1) is 17.8. The van der Waals surface area contributed by atoms with E-state index in [1.54, 1.807) is 29.3 Å². The molecule has 8 nitrogen and oxygen atoms in total. The van der Waals surface area contributed by atoms with Crippen LogP contribution in [0.15, 0.2) is 48.7 Å². The topological polar surface area (TPSA) is 94.6 Å². The van der Waals surface area contributed by atoms with Gasteiger partial charge in [-0.3, -0.25) is 4.90 Å². The molecule has 0 amide bonds. The molecule has 2 saturated heterocycles. The van der Waals surface area contributed by atoms with E-state index in [9.17, 15) is 13.9 Å². The minimum absolute atomic E-state index is 0.141. The second-order valence-corrected chi connectivity index (χ2v) is 9.54. The molecule has 5 rings (SSSR count). The van der Waals surface area contributed by atoms with E-state index < -0.39 is 5.92 Å². The van der Waals surface area contributed by atoms with Crippen LogP contribution in [0.3, 0.4) is 0 Å². The number of aromatic hydroxyl groups is 1. The van der Waals surface area contributed by atoms with Crippen molar-refractivity contribution in [3.8, 4) is 28.8 Å². The predicted molar refractivity (Wildman–Crippen MR) is 140 cm³/mol. The van der Waals surface area contributed by atoms with Crippen LogP contribution in [0, 0.1) is 11.8 Å². The van der Waals surface area contributed by atoms with Crippen LogP contribution in [0.1, 0.15) is 19.0 Å². The Labute approximate surface area is 214 Å². The highest BCUT2D eigenvalue weighted by atomic mass is 19.3. The van der Waals surface area contributed by atoms with Crippen LogP contribution in [0.5, 0.6) is 5.75 Å². The van der Waals surface area contributed by atoms with Crippen LogP contribution < -0.4 is 15.5 Å². The Bertz CT molecular complexity index is 1330. The molecule has 3 aromatic rings. The molecule has 0 unspecified atom stereocenters. The number of para-hydroxylation sites is 1. The van der Waals surface area contributed by atoms with Crippen molar-refractivity contribution >= 4 is 17.2 Å². The third-order valence-electron chi connectivity index (χ3n) is 6.79. The molecule has 192 valence electrons. The molecule has 0 aliphatic carbocycles. The third-order valence-corrected chi connectivity index (χ3v) is 6.79. The first-order valence-electron chi connectivity index (χ1n) is 12.3. The number of pyridine rings is 1. The Hall–Kier alpha value is -3.97. The highest BCUT2D eigenvalue weighted by molar-refractivity contribution is 5.74. The fraction of sp³-hybridized carbons (Fsp3) is 0.370. The van der Waals surface area contributed by atoms with Crippen molar-refractivity contribution in [1.82, 2.24) is 20.1 Å².